The molecule has 0 fully saturated rings. The van der Waals surface area contributed by atoms with Crippen molar-refractivity contribution in [3.63, 3.8) is 0 Å². The lowest BCUT2D eigenvalue weighted by Crippen LogP contribution is -2.23. The van der Waals surface area contributed by atoms with Crippen LogP contribution in [-0.4, -0.2) is 16.0 Å². The normalized spacial score (nSPS) is 10.8. The number of nitrogens with zero attached hydrogens (tertiary/aromatic N) is 2. The number of hydrogen-bond acceptors (Lipinski definition) is 4. The van der Waals surface area contributed by atoms with Crippen LogP contribution in [0.2, 0.25) is 5.02 Å². The molecule has 0 spiro atoms. The number of carbonyl (C=O) groups is 1. The summed E-state index contributed by atoms with van der Waals surface area (Å²) in [6.45, 7) is 4.36. The van der Waals surface area contributed by atoms with Crippen molar-refractivity contribution in [2.75, 3.05) is 0 Å². The highest BCUT2D eigenvalue weighted by Gasteiger charge is 2.12. The van der Waals surface area contributed by atoms with Crippen LogP contribution in [0.25, 0.3) is 0 Å². The van der Waals surface area contributed by atoms with Crippen molar-refractivity contribution in [1.82, 2.24) is 15.5 Å². The Balaban J connectivity index is 1.94. The van der Waals surface area contributed by atoms with Gasteiger partial charge < -0.3 is 9.84 Å². The Morgan fingerprint density at radius 1 is 1.40 bits per heavy atom. The minimum Gasteiger partial charge on any atom is -0.345 e. The van der Waals surface area contributed by atoms with Crippen LogP contribution in [0.4, 0.5) is 0 Å². The van der Waals surface area contributed by atoms with Gasteiger partial charge >= 0.3 is 0 Å². The van der Waals surface area contributed by atoms with Crippen LogP contribution in [0, 0.1) is 5.92 Å². The zero-order valence-electron chi connectivity index (χ0n) is 11.4. The predicted molar refractivity (Wildman–Crippen MR) is 75.5 cm³/mol. The van der Waals surface area contributed by atoms with Crippen molar-refractivity contribution < 1.29 is 9.32 Å². The van der Waals surface area contributed by atoms with Crippen LogP contribution in [0.1, 0.15) is 35.9 Å². The van der Waals surface area contributed by atoms with Gasteiger partial charge in [-0.05, 0) is 18.1 Å². The Hall–Kier alpha value is -1.88. The lowest BCUT2D eigenvalue weighted by atomic mass is 10.1. The van der Waals surface area contributed by atoms with Gasteiger partial charge in [-0.3, -0.25) is 4.79 Å². The quantitative estimate of drug-likeness (QED) is 0.920. The number of halogens is 1. The maximum atomic E-state index is 11.9. The van der Waals surface area contributed by atoms with Crippen molar-refractivity contribution in [3.8, 4) is 0 Å². The molecule has 1 N–H and O–H groups in total. The zero-order valence-corrected chi connectivity index (χ0v) is 12.1. The van der Waals surface area contributed by atoms with E-state index in [9.17, 15) is 4.79 Å². The van der Waals surface area contributed by atoms with E-state index in [1.165, 1.54) is 0 Å². The Morgan fingerprint density at radius 3 is 2.85 bits per heavy atom. The minimum absolute atomic E-state index is 0.214. The first-order valence-electron chi connectivity index (χ1n) is 6.40. The Kier molecular flexibility index (Phi) is 4.74. The van der Waals surface area contributed by atoms with Crippen LogP contribution >= 0.6 is 11.6 Å². The summed E-state index contributed by atoms with van der Waals surface area (Å²) in [5.74, 6) is 1.23. The van der Waals surface area contributed by atoms with E-state index in [1.807, 2.05) is 0 Å². The van der Waals surface area contributed by atoms with E-state index in [-0.39, 0.29) is 12.5 Å². The van der Waals surface area contributed by atoms with E-state index in [0.29, 0.717) is 28.2 Å². The molecule has 1 aromatic carbocycles. The fraction of sp³-hybridized carbons (Fsp3) is 0.357. The predicted octanol–water partition coefficient (Wildman–Crippen LogP) is 2.85. The number of rotatable bonds is 5. The highest BCUT2D eigenvalue weighted by atomic mass is 35.5. The molecule has 0 saturated carbocycles. The second-order valence-corrected chi connectivity index (χ2v) is 5.27. The second-order valence-electron chi connectivity index (χ2n) is 4.86. The van der Waals surface area contributed by atoms with Gasteiger partial charge in [-0.15, -0.1) is 0 Å². The smallest absolute Gasteiger partial charge is 0.253 e. The average Bonchev–Trinajstić information content (AvgIpc) is 2.83. The van der Waals surface area contributed by atoms with Crippen LogP contribution in [-0.2, 0) is 13.0 Å². The van der Waals surface area contributed by atoms with Crippen LogP contribution in [0.5, 0.6) is 0 Å². The maximum absolute atomic E-state index is 11.9. The first-order chi connectivity index (χ1) is 9.56. The van der Waals surface area contributed by atoms with Gasteiger partial charge in [0.25, 0.3) is 5.91 Å². The van der Waals surface area contributed by atoms with Crippen molar-refractivity contribution in [3.05, 3.63) is 46.6 Å². The summed E-state index contributed by atoms with van der Waals surface area (Å²) in [5, 5.41) is 6.95. The van der Waals surface area contributed by atoms with Gasteiger partial charge in [-0.1, -0.05) is 42.7 Å². The highest BCUT2D eigenvalue weighted by molar-refractivity contribution is 6.33. The summed E-state index contributed by atoms with van der Waals surface area (Å²) in [6.07, 6.45) is 0.728. The lowest BCUT2D eigenvalue weighted by molar-refractivity contribution is 0.0950. The third-order valence-electron chi connectivity index (χ3n) is 2.62. The molecule has 0 unspecified atom stereocenters. The second kappa shape index (κ2) is 6.52. The van der Waals surface area contributed by atoms with Gasteiger partial charge in [-0.25, -0.2) is 0 Å². The molecule has 0 atom stereocenters. The highest BCUT2D eigenvalue weighted by Crippen LogP contribution is 2.14. The van der Waals surface area contributed by atoms with Crippen molar-refractivity contribution in [2.24, 2.45) is 5.92 Å². The fourth-order valence-electron chi connectivity index (χ4n) is 1.69. The van der Waals surface area contributed by atoms with E-state index >= 15 is 0 Å². The van der Waals surface area contributed by atoms with Gasteiger partial charge in [-0.2, -0.15) is 4.98 Å². The minimum atomic E-state index is -0.259. The fourth-order valence-corrected chi connectivity index (χ4v) is 1.92. The molecule has 0 aliphatic heterocycles. The molecule has 0 aliphatic rings. The largest absolute Gasteiger partial charge is 0.345 e. The first-order valence-corrected chi connectivity index (χ1v) is 6.78. The van der Waals surface area contributed by atoms with Gasteiger partial charge in [0.1, 0.15) is 0 Å². The molecule has 2 rings (SSSR count). The number of amides is 1. The van der Waals surface area contributed by atoms with Crippen molar-refractivity contribution in [1.29, 1.82) is 0 Å². The number of benzene rings is 1. The molecular weight excluding hydrogens is 278 g/mol. The molecule has 0 bridgehead atoms. The molecule has 0 aliphatic carbocycles. The molecule has 1 amide bonds. The Labute approximate surface area is 122 Å². The van der Waals surface area contributed by atoms with Crippen LogP contribution < -0.4 is 5.32 Å². The Bertz CT molecular complexity index is 596. The van der Waals surface area contributed by atoms with Crippen molar-refractivity contribution >= 4 is 17.5 Å². The van der Waals surface area contributed by atoms with Gasteiger partial charge in [0.2, 0.25) is 5.89 Å². The first kappa shape index (κ1) is 14.5. The monoisotopic (exact) mass is 293 g/mol. The van der Waals surface area contributed by atoms with Crippen LogP contribution in [0.15, 0.2) is 28.8 Å². The summed E-state index contributed by atoms with van der Waals surface area (Å²) in [7, 11) is 0. The summed E-state index contributed by atoms with van der Waals surface area (Å²) < 4.78 is 5.10. The molecule has 1 heterocycles. The number of carbonyl (C=O) groups excluding carboxylic acids is 1. The number of nitrogens with one attached hydrogen (secondary N) is 1. The summed E-state index contributed by atoms with van der Waals surface area (Å²) in [4.78, 5) is 16.2. The summed E-state index contributed by atoms with van der Waals surface area (Å²) in [5.41, 5.74) is 0.431. The standard InChI is InChI=1S/C14H16ClN3O2/c1-9(2)7-13-17-12(18-20-13)8-16-14(19)10-5-3-4-6-11(10)15/h3-6,9H,7-8H2,1-2H3,(H,16,19). The Morgan fingerprint density at radius 2 is 2.15 bits per heavy atom. The third-order valence-corrected chi connectivity index (χ3v) is 2.95. The molecular formula is C14H16ClN3O2. The molecule has 0 radical (unpaired) electrons. The third kappa shape index (κ3) is 3.81. The van der Waals surface area contributed by atoms with Gasteiger partial charge in [0.05, 0.1) is 17.1 Å². The van der Waals surface area contributed by atoms with Gasteiger partial charge in [0.15, 0.2) is 5.82 Å². The molecule has 0 saturated heterocycles. The van der Waals surface area contributed by atoms with E-state index in [0.717, 1.165) is 6.42 Å². The van der Waals surface area contributed by atoms with Gasteiger partial charge in [0, 0.05) is 6.42 Å². The summed E-state index contributed by atoms with van der Waals surface area (Å²) in [6, 6.07) is 6.87. The molecule has 106 valence electrons. The molecule has 20 heavy (non-hydrogen) atoms. The summed E-state index contributed by atoms with van der Waals surface area (Å²) >= 11 is 5.95. The molecule has 2 aromatic rings. The van der Waals surface area contributed by atoms with E-state index in [4.69, 9.17) is 16.1 Å². The molecule has 5 nitrogen and oxygen atoms in total. The maximum Gasteiger partial charge on any atom is 0.253 e. The van der Waals surface area contributed by atoms with E-state index in [1.54, 1.807) is 24.3 Å². The van der Waals surface area contributed by atoms with Crippen molar-refractivity contribution in [2.45, 2.75) is 26.8 Å². The molecule has 6 heteroatoms. The van der Waals surface area contributed by atoms with E-state index in [2.05, 4.69) is 29.3 Å². The number of hydrogen-bond donors (Lipinski definition) is 1. The topological polar surface area (TPSA) is 68.0 Å². The lowest BCUT2D eigenvalue weighted by Gasteiger charge is -2.03. The van der Waals surface area contributed by atoms with E-state index < -0.39 is 0 Å². The van der Waals surface area contributed by atoms with Crippen LogP contribution in [0.3, 0.4) is 0 Å². The SMILES string of the molecule is CC(C)Cc1nc(CNC(=O)c2ccccc2Cl)no1. The zero-order chi connectivity index (χ0) is 14.5. The average molecular weight is 294 g/mol. The number of aromatic nitrogens is 2. The molecule has 1 aromatic heterocycles.